The van der Waals surface area contributed by atoms with Crippen LogP contribution in [0.1, 0.15) is 18.9 Å². The van der Waals surface area contributed by atoms with E-state index in [1.54, 1.807) is 6.07 Å². The van der Waals surface area contributed by atoms with Crippen LogP contribution >= 0.6 is 0 Å². The molecule has 4 nitrogen and oxygen atoms in total. The number of rotatable bonds is 3. The number of nitrogens with zero attached hydrogens (tertiary/aromatic N) is 2. The highest BCUT2D eigenvalue weighted by Gasteiger charge is 2.37. The second kappa shape index (κ2) is 5.35. The van der Waals surface area contributed by atoms with Crippen molar-refractivity contribution in [2.45, 2.75) is 19.1 Å². The van der Waals surface area contributed by atoms with E-state index in [1.165, 1.54) is 12.3 Å². The molecule has 1 aromatic heterocycles. The van der Waals surface area contributed by atoms with Crippen molar-refractivity contribution in [2.75, 3.05) is 6.54 Å². The summed E-state index contributed by atoms with van der Waals surface area (Å²) in [7, 11) is 0. The summed E-state index contributed by atoms with van der Waals surface area (Å²) in [5.41, 5.74) is 1.87. The molecule has 3 N–H and O–H groups in total. The Hall–Kier alpha value is -2.11. The topological polar surface area (TPSA) is 62.1 Å². The van der Waals surface area contributed by atoms with Gasteiger partial charge >= 0.3 is 0 Å². The molecule has 0 saturated heterocycles. The summed E-state index contributed by atoms with van der Waals surface area (Å²) in [5, 5.41) is 12.9. The number of pyridine rings is 1. The van der Waals surface area contributed by atoms with Crippen molar-refractivity contribution in [2.24, 2.45) is 4.99 Å². The van der Waals surface area contributed by atoms with Gasteiger partial charge in [-0.1, -0.05) is 6.08 Å². The molecular formula is C16H17FN3O+. The lowest BCUT2D eigenvalue weighted by molar-refractivity contribution is -0.599. The zero-order valence-corrected chi connectivity index (χ0v) is 11.8. The Morgan fingerprint density at radius 1 is 1.33 bits per heavy atom. The van der Waals surface area contributed by atoms with Gasteiger partial charge in [-0.3, -0.25) is 0 Å². The first kappa shape index (κ1) is 13.9. The van der Waals surface area contributed by atoms with Crippen molar-refractivity contribution in [3.63, 3.8) is 0 Å². The summed E-state index contributed by atoms with van der Waals surface area (Å²) >= 11 is 0. The molecule has 1 aliphatic carbocycles. The molecule has 3 rings (SSSR count). The fourth-order valence-corrected chi connectivity index (χ4v) is 2.60. The van der Waals surface area contributed by atoms with E-state index in [9.17, 15) is 9.50 Å². The van der Waals surface area contributed by atoms with Crippen molar-refractivity contribution >= 4 is 5.71 Å². The number of quaternary nitrogens is 1. The number of likely N-dealkylation sites (N-methyl/N-ethyl adjacent to an activating group) is 1. The molecular weight excluding hydrogens is 269 g/mol. The first-order valence-electron chi connectivity index (χ1n) is 6.99. The van der Waals surface area contributed by atoms with Crippen LogP contribution in [0.3, 0.4) is 0 Å². The zero-order valence-electron chi connectivity index (χ0n) is 11.8. The van der Waals surface area contributed by atoms with Crippen LogP contribution in [-0.2, 0) is 0 Å². The molecule has 0 saturated carbocycles. The Bertz CT molecular complexity index is 673. The molecule has 2 aliphatic rings. The third-order valence-electron chi connectivity index (χ3n) is 3.60. The molecule has 0 spiro atoms. The average molecular weight is 286 g/mol. The fraction of sp³-hybridized carbons (Fsp3) is 0.250. The van der Waals surface area contributed by atoms with E-state index in [1.807, 2.05) is 24.3 Å². The van der Waals surface area contributed by atoms with Gasteiger partial charge in [-0.2, -0.15) is 4.39 Å². The molecule has 0 bridgehead atoms. The Morgan fingerprint density at radius 2 is 2.19 bits per heavy atom. The van der Waals surface area contributed by atoms with E-state index in [4.69, 9.17) is 0 Å². The molecule has 1 aliphatic heterocycles. The maximum Gasteiger partial charge on any atom is 0.212 e. The van der Waals surface area contributed by atoms with Gasteiger partial charge < -0.3 is 10.4 Å². The average Bonchev–Trinajstić information content (AvgIpc) is 2.47. The van der Waals surface area contributed by atoms with Gasteiger partial charge in [-0.15, -0.1) is 0 Å². The number of dihydropyridines is 1. The van der Waals surface area contributed by atoms with Crippen LogP contribution < -0.4 is 5.32 Å². The number of hydrogen-bond donors (Lipinski definition) is 2. The van der Waals surface area contributed by atoms with Crippen molar-refractivity contribution < 1.29 is 14.8 Å². The van der Waals surface area contributed by atoms with Crippen LogP contribution in [0.25, 0.3) is 0 Å². The van der Waals surface area contributed by atoms with Crippen molar-refractivity contribution in [1.29, 1.82) is 0 Å². The SMILES string of the molecule is CC[NH2+]C1=C2C=CC(c3ccc(F)nc3)=NC2(O)CC=C1. The molecule has 0 amide bonds. The number of aliphatic imine (C=N–C) groups is 1. The highest BCUT2D eigenvalue weighted by molar-refractivity contribution is 6.09. The molecule has 1 unspecified atom stereocenters. The van der Waals surface area contributed by atoms with E-state index in [2.05, 4.69) is 22.2 Å². The lowest BCUT2D eigenvalue weighted by Crippen LogP contribution is -2.82. The predicted molar refractivity (Wildman–Crippen MR) is 78.1 cm³/mol. The fourth-order valence-electron chi connectivity index (χ4n) is 2.60. The highest BCUT2D eigenvalue weighted by atomic mass is 19.1. The summed E-state index contributed by atoms with van der Waals surface area (Å²) in [4.78, 5) is 8.09. The van der Waals surface area contributed by atoms with E-state index in [-0.39, 0.29) is 0 Å². The van der Waals surface area contributed by atoms with Crippen molar-refractivity contribution in [3.8, 4) is 0 Å². The van der Waals surface area contributed by atoms with E-state index < -0.39 is 11.7 Å². The second-order valence-electron chi connectivity index (χ2n) is 5.10. The normalized spacial score (nSPS) is 24.0. The van der Waals surface area contributed by atoms with Crippen LogP contribution in [0.15, 0.2) is 58.9 Å². The summed E-state index contributed by atoms with van der Waals surface area (Å²) < 4.78 is 12.9. The van der Waals surface area contributed by atoms with Gasteiger partial charge in [-0.25, -0.2) is 9.98 Å². The lowest BCUT2D eigenvalue weighted by atomic mass is 9.89. The number of aromatic nitrogens is 1. The van der Waals surface area contributed by atoms with Gasteiger partial charge in [0.05, 0.1) is 17.8 Å². The number of halogens is 1. The number of aliphatic hydroxyl groups is 1. The molecule has 21 heavy (non-hydrogen) atoms. The largest absolute Gasteiger partial charge is 0.365 e. The molecule has 0 radical (unpaired) electrons. The molecule has 5 heteroatoms. The molecule has 2 heterocycles. The van der Waals surface area contributed by atoms with Crippen LogP contribution in [0, 0.1) is 5.95 Å². The van der Waals surface area contributed by atoms with Crippen molar-refractivity contribution in [1.82, 2.24) is 4.98 Å². The van der Waals surface area contributed by atoms with E-state index in [0.717, 1.165) is 17.8 Å². The maximum absolute atomic E-state index is 12.9. The predicted octanol–water partition coefficient (Wildman–Crippen LogP) is 1.07. The first-order chi connectivity index (χ1) is 10.1. The van der Waals surface area contributed by atoms with Gasteiger partial charge in [0.25, 0.3) is 0 Å². The third-order valence-corrected chi connectivity index (χ3v) is 3.60. The number of nitrogens with two attached hydrogens (primary N) is 1. The summed E-state index contributed by atoms with van der Waals surface area (Å²) in [6.07, 6.45) is 9.52. The standard InChI is InChI=1S/C16H16FN3O/c1-2-18-14-4-3-9-16(21)12(14)6-7-13(20-16)11-5-8-15(17)19-10-11/h3-8,10,18,21H,2,9H2,1H3/p+1. The first-order valence-corrected chi connectivity index (χ1v) is 6.99. The molecule has 0 aromatic carbocycles. The Labute approximate surface area is 122 Å². The number of fused-ring (bicyclic) bond motifs is 1. The molecule has 1 atom stereocenters. The smallest absolute Gasteiger partial charge is 0.212 e. The van der Waals surface area contributed by atoms with Crippen LogP contribution in [-0.4, -0.2) is 28.1 Å². The van der Waals surface area contributed by atoms with Gasteiger partial charge in [0, 0.05) is 18.2 Å². The van der Waals surface area contributed by atoms with Gasteiger partial charge in [0.2, 0.25) is 5.95 Å². The molecule has 108 valence electrons. The quantitative estimate of drug-likeness (QED) is 0.816. The van der Waals surface area contributed by atoms with Crippen molar-refractivity contribution in [3.05, 3.63) is 65.4 Å². The zero-order chi connectivity index (χ0) is 14.9. The third kappa shape index (κ3) is 2.57. The monoisotopic (exact) mass is 286 g/mol. The van der Waals surface area contributed by atoms with Gasteiger partial charge in [0.1, 0.15) is 5.70 Å². The van der Waals surface area contributed by atoms with Crippen LogP contribution in [0.4, 0.5) is 4.39 Å². The summed E-state index contributed by atoms with van der Waals surface area (Å²) in [5.74, 6) is -0.529. The lowest BCUT2D eigenvalue weighted by Gasteiger charge is -2.30. The molecule has 0 fully saturated rings. The van der Waals surface area contributed by atoms with Crippen LogP contribution in [0.2, 0.25) is 0 Å². The Balaban J connectivity index is 2.00. The summed E-state index contributed by atoms with van der Waals surface area (Å²) in [6.45, 7) is 2.95. The number of allylic oxidation sites excluding steroid dienone is 2. The van der Waals surface area contributed by atoms with Gasteiger partial charge in [-0.05, 0) is 37.3 Å². The Kier molecular flexibility index (Phi) is 3.53. The minimum Gasteiger partial charge on any atom is -0.365 e. The minimum atomic E-state index is -1.24. The van der Waals surface area contributed by atoms with E-state index in [0.29, 0.717) is 17.7 Å². The van der Waals surface area contributed by atoms with E-state index >= 15 is 0 Å². The number of hydrogen-bond acceptors (Lipinski definition) is 3. The highest BCUT2D eigenvalue weighted by Crippen LogP contribution is 2.33. The minimum absolute atomic E-state index is 0.436. The van der Waals surface area contributed by atoms with Crippen LogP contribution in [0.5, 0.6) is 0 Å². The Morgan fingerprint density at radius 3 is 2.90 bits per heavy atom. The van der Waals surface area contributed by atoms with Gasteiger partial charge in [0.15, 0.2) is 5.72 Å². The maximum atomic E-state index is 12.9. The molecule has 1 aromatic rings. The summed E-state index contributed by atoms with van der Waals surface area (Å²) in [6, 6.07) is 2.90. The second-order valence-corrected chi connectivity index (χ2v) is 5.10.